The summed E-state index contributed by atoms with van der Waals surface area (Å²) in [7, 11) is -26.4. The quantitative estimate of drug-likeness (QED) is 0.421. The van der Waals surface area contributed by atoms with Gasteiger partial charge >= 0.3 is 70.2 Å². The van der Waals surface area contributed by atoms with Crippen LogP contribution >= 0.6 is 0 Å². The maximum absolute atomic E-state index is 6.93. The third kappa shape index (κ3) is 6.59. The van der Waals surface area contributed by atoms with Crippen LogP contribution < -0.4 is 0 Å². The molecule has 12 nitrogen and oxygen atoms in total. The second kappa shape index (κ2) is 9.87. The zero-order chi connectivity index (χ0) is 28.6. The Morgan fingerprint density at radius 2 is 1.03 bits per heavy atom. The minimum Gasteiger partial charge on any atom is -0.395 e. The average Bonchev–Trinajstić information content (AvgIpc) is 2.71. The minimum absolute atomic E-state index is 0.408. The molecule has 218 valence electrons. The molecule has 0 spiro atoms. The first kappa shape index (κ1) is 30.7. The van der Waals surface area contributed by atoms with Crippen LogP contribution in [0.4, 0.5) is 0 Å². The van der Waals surface area contributed by atoms with E-state index in [1.54, 1.807) is 26.2 Å². The standard InChI is InChI=1S/C19H38O12Si8/c1-11-18-12-14-19(15-13-18)16-17-39-29-34(6)21-32(3,4)22-35(7,30-39)26-37(9)24-33(5,20-2)23-36(8,25-34)27-38(10,28-37)31-39/h11-15H,1,16-17H2,2-10H3. The number of aryl methyl sites for hydroxylation is 1. The fourth-order valence-corrected chi connectivity index (χ4v) is 48.9. The van der Waals surface area contributed by atoms with E-state index in [9.17, 15) is 0 Å². The molecular formula is C19H38O12Si8. The Balaban J connectivity index is 1.64. The normalized spacial score (nSPS) is 47.3. The summed E-state index contributed by atoms with van der Waals surface area (Å²) in [6.45, 7) is 18.4. The number of hydrogen-bond acceptors (Lipinski definition) is 12. The van der Waals surface area contributed by atoms with Crippen molar-refractivity contribution < 1.29 is 49.7 Å². The van der Waals surface area contributed by atoms with Crippen molar-refractivity contribution in [3.05, 3.63) is 42.0 Å². The van der Waals surface area contributed by atoms with Gasteiger partial charge in [-0.1, -0.05) is 36.9 Å². The molecule has 4 aliphatic heterocycles. The Bertz CT molecular complexity index is 1080. The van der Waals surface area contributed by atoms with Crippen molar-refractivity contribution in [3.8, 4) is 0 Å². The highest BCUT2D eigenvalue weighted by Gasteiger charge is 2.75. The zero-order valence-corrected chi connectivity index (χ0v) is 31.9. The Hall–Kier alpha value is 0.215. The average molecular weight is 683 g/mol. The van der Waals surface area contributed by atoms with E-state index in [1.807, 2.05) is 44.4 Å². The SMILES string of the molecule is C=Cc1ccc(CC[Si]23O[Si]4(C)O[Si](C)(C)O[Si](C)(O[Si]5(C)O[Si](C)(OC)O[Si](C)(O4)O[Si](C)(O5)O2)O3)cc1. The van der Waals surface area contributed by atoms with E-state index in [4.69, 9.17) is 49.7 Å². The molecule has 0 N–H and O–H groups in total. The predicted molar refractivity (Wildman–Crippen MR) is 157 cm³/mol. The smallest absolute Gasteiger partial charge is 0.395 e. The molecule has 0 saturated carbocycles. The van der Waals surface area contributed by atoms with Crippen LogP contribution in [0, 0.1) is 0 Å². The lowest BCUT2D eigenvalue weighted by molar-refractivity contribution is 0.00651. The second-order valence-electron chi connectivity index (χ2n) is 11.0. The van der Waals surface area contributed by atoms with E-state index < -0.39 is 70.2 Å². The van der Waals surface area contributed by atoms with Gasteiger partial charge in [-0.2, -0.15) is 0 Å². The van der Waals surface area contributed by atoms with Gasteiger partial charge in [-0.3, -0.25) is 0 Å². The first-order chi connectivity index (χ1) is 17.8. The van der Waals surface area contributed by atoms with Crippen LogP contribution in [0.15, 0.2) is 30.8 Å². The molecule has 1 aromatic rings. The number of rotatable bonds is 5. The molecule has 1 aromatic carbocycles. The van der Waals surface area contributed by atoms with Crippen molar-refractivity contribution >= 4 is 76.3 Å². The van der Waals surface area contributed by atoms with Gasteiger partial charge in [0.25, 0.3) is 0 Å². The Kier molecular flexibility index (Phi) is 7.76. The molecule has 6 bridgehead atoms. The maximum Gasteiger partial charge on any atom is 0.482 e. The van der Waals surface area contributed by atoms with Crippen LogP contribution in [-0.4, -0.2) is 77.3 Å². The van der Waals surface area contributed by atoms with Gasteiger partial charge in [-0.25, -0.2) is 0 Å². The van der Waals surface area contributed by atoms with Gasteiger partial charge < -0.3 is 49.7 Å². The first-order valence-corrected chi connectivity index (χ1v) is 30.9. The van der Waals surface area contributed by atoms with Crippen LogP contribution in [0.3, 0.4) is 0 Å². The Morgan fingerprint density at radius 3 is 1.44 bits per heavy atom. The van der Waals surface area contributed by atoms with Crippen LogP contribution in [-0.2, 0) is 56.1 Å². The second-order valence-corrected chi connectivity index (χ2v) is 35.4. The predicted octanol–water partition coefficient (Wildman–Crippen LogP) is 3.81. The number of fused-ring (bicyclic) bond motifs is 4. The highest BCUT2D eigenvalue weighted by atomic mass is 28.6. The van der Waals surface area contributed by atoms with Gasteiger partial charge in [-0.15, -0.1) is 0 Å². The van der Waals surface area contributed by atoms with Crippen LogP contribution in [0.2, 0.25) is 58.4 Å². The Morgan fingerprint density at radius 1 is 0.615 bits per heavy atom. The highest BCUT2D eigenvalue weighted by molar-refractivity contribution is 7.00. The molecule has 4 aliphatic rings. The van der Waals surface area contributed by atoms with Crippen LogP contribution in [0.1, 0.15) is 11.1 Å². The van der Waals surface area contributed by atoms with Crippen molar-refractivity contribution in [1.82, 2.24) is 0 Å². The highest BCUT2D eigenvalue weighted by Crippen LogP contribution is 2.46. The van der Waals surface area contributed by atoms with E-state index in [0.29, 0.717) is 12.5 Å². The monoisotopic (exact) mass is 682 g/mol. The molecule has 4 atom stereocenters. The van der Waals surface area contributed by atoms with Crippen molar-refractivity contribution in [1.29, 1.82) is 0 Å². The largest absolute Gasteiger partial charge is 0.482 e. The van der Waals surface area contributed by atoms with Crippen LogP contribution in [0.25, 0.3) is 6.08 Å². The van der Waals surface area contributed by atoms with Crippen molar-refractivity contribution in [2.75, 3.05) is 7.11 Å². The summed E-state index contributed by atoms with van der Waals surface area (Å²) in [4.78, 5) is 0. The van der Waals surface area contributed by atoms with Gasteiger partial charge in [-0.05, 0) is 30.6 Å². The zero-order valence-electron chi connectivity index (χ0n) is 23.9. The molecule has 4 fully saturated rings. The van der Waals surface area contributed by atoms with Crippen molar-refractivity contribution in [2.45, 2.75) is 64.8 Å². The van der Waals surface area contributed by atoms with Crippen LogP contribution in [0.5, 0.6) is 0 Å². The molecule has 4 unspecified atom stereocenters. The minimum atomic E-state index is -3.69. The molecule has 4 heterocycles. The third-order valence-electron chi connectivity index (χ3n) is 6.42. The van der Waals surface area contributed by atoms with E-state index in [2.05, 4.69) is 18.7 Å². The molecule has 0 radical (unpaired) electrons. The molecule has 39 heavy (non-hydrogen) atoms. The third-order valence-corrected chi connectivity index (χ3v) is 40.9. The fourth-order valence-electron chi connectivity index (χ4n) is 5.53. The lowest BCUT2D eigenvalue weighted by atomic mass is 10.1. The molecule has 0 aliphatic carbocycles. The molecule has 4 saturated heterocycles. The maximum atomic E-state index is 6.93. The van der Waals surface area contributed by atoms with E-state index in [1.165, 1.54) is 7.11 Å². The van der Waals surface area contributed by atoms with Crippen molar-refractivity contribution in [3.63, 3.8) is 0 Å². The van der Waals surface area contributed by atoms with E-state index in [-0.39, 0.29) is 0 Å². The fraction of sp³-hybridized carbons (Fsp3) is 0.579. The summed E-state index contributed by atoms with van der Waals surface area (Å²) < 4.78 is 79.8. The number of benzene rings is 1. The summed E-state index contributed by atoms with van der Waals surface area (Å²) in [6, 6.07) is 8.55. The van der Waals surface area contributed by atoms with Crippen molar-refractivity contribution in [2.24, 2.45) is 0 Å². The first-order valence-electron chi connectivity index (χ1n) is 12.8. The van der Waals surface area contributed by atoms with E-state index >= 15 is 0 Å². The molecule has 0 aromatic heterocycles. The lowest BCUT2D eigenvalue weighted by Crippen LogP contribution is -2.83. The molecule has 0 amide bonds. The summed E-state index contributed by atoms with van der Waals surface area (Å²) in [6.07, 6.45) is 2.42. The van der Waals surface area contributed by atoms with Gasteiger partial charge in [0.05, 0.1) is 0 Å². The topological polar surface area (TPSA) is 111 Å². The summed E-state index contributed by atoms with van der Waals surface area (Å²) in [5, 5.41) is 0. The van der Waals surface area contributed by atoms with E-state index in [0.717, 1.165) is 11.1 Å². The molecular weight excluding hydrogens is 645 g/mol. The van der Waals surface area contributed by atoms with Gasteiger partial charge in [0, 0.05) is 52.4 Å². The summed E-state index contributed by atoms with van der Waals surface area (Å²) in [5.74, 6) is 0. The molecule has 20 heteroatoms. The van der Waals surface area contributed by atoms with Gasteiger partial charge in [0.1, 0.15) is 0 Å². The van der Waals surface area contributed by atoms with Gasteiger partial charge in [0.2, 0.25) is 0 Å². The lowest BCUT2D eigenvalue weighted by Gasteiger charge is -2.58. The number of hydrogen-bond donors (Lipinski definition) is 0. The summed E-state index contributed by atoms with van der Waals surface area (Å²) in [5.41, 5.74) is 2.12. The Labute approximate surface area is 239 Å². The molecule has 5 rings (SSSR count). The summed E-state index contributed by atoms with van der Waals surface area (Å²) >= 11 is 0. The van der Waals surface area contributed by atoms with Gasteiger partial charge in [0.15, 0.2) is 0 Å².